The first kappa shape index (κ1) is 5.56. The van der Waals surface area contributed by atoms with Crippen LogP contribution in [0.15, 0.2) is 0 Å². The summed E-state index contributed by atoms with van der Waals surface area (Å²) < 4.78 is 10.4. The Morgan fingerprint density at radius 1 is 2.12 bits per heavy atom. The molecule has 0 rings (SSSR count). The number of rotatable bonds is 3. The van der Waals surface area contributed by atoms with Crippen LogP contribution < -0.4 is 0 Å². The first-order valence-electron chi connectivity index (χ1n) is 2.98. The summed E-state index contributed by atoms with van der Waals surface area (Å²) in [4.78, 5) is 9.80. The van der Waals surface area contributed by atoms with Crippen molar-refractivity contribution in [3.8, 4) is 0 Å². The predicted molar refractivity (Wildman–Crippen MR) is 28.3 cm³/mol. The zero-order valence-corrected chi connectivity index (χ0v) is 4.76. The van der Waals surface area contributed by atoms with Gasteiger partial charge in [-0.1, -0.05) is 6.92 Å². The number of carbonyl (C=O) groups excluding carboxylic acids is 1. The molecule has 0 aromatic carbocycles. The topological polar surface area (TPSA) is 46.5 Å². The number of hydrogen-bond acceptors (Lipinski definition) is 3. The van der Waals surface area contributed by atoms with E-state index in [1.54, 1.807) is 6.92 Å². The van der Waals surface area contributed by atoms with Gasteiger partial charge in [-0.05, 0) is 6.42 Å². The van der Waals surface area contributed by atoms with E-state index in [-0.39, 0.29) is 6.61 Å². The Labute approximate surface area is 49.7 Å². The van der Waals surface area contributed by atoms with Gasteiger partial charge in [0.15, 0.2) is 1.37 Å². The largest absolute Gasteiger partial charge is 0.465 e. The van der Waals surface area contributed by atoms with Crippen molar-refractivity contribution >= 4 is 6.45 Å². The molecule has 1 atom stereocenters. The van der Waals surface area contributed by atoms with E-state index in [9.17, 15) is 4.79 Å². The fourth-order valence-corrected chi connectivity index (χ4v) is 0.248. The highest BCUT2D eigenvalue weighted by Gasteiger charge is 1.97. The molecular formula is C5H10O3. The zero-order chi connectivity index (χ0) is 7.28. The second kappa shape index (κ2) is 4.59. The Balaban J connectivity index is 3.16. The maximum atomic E-state index is 9.80. The minimum atomic E-state index is -1.09. The van der Waals surface area contributed by atoms with Gasteiger partial charge in [0.05, 0.1) is 6.10 Å². The first-order valence-corrected chi connectivity index (χ1v) is 2.48. The molecule has 48 valence electrons. The van der Waals surface area contributed by atoms with Gasteiger partial charge in [-0.2, -0.15) is 0 Å². The van der Waals surface area contributed by atoms with Crippen LogP contribution in [-0.4, -0.2) is 24.3 Å². The van der Waals surface area contributed by atoms with Crippen LogP contribution in [-0.2, 0) is 9.53 Å². The van der Waals surface area contributed by atoms with E-state index in [0.717, 1.165) is 0 Å². The lowest BCUT2D eigenvalue weighted by Crippen LogP contribution is -2.12. The van der Waals surface area contributed by atoms with Crippen LogP contribution in [0.2, 0.25) is 0 Å². The van der Waals surface area contributed by atoms with Crippen LogP contribution in [0, 0.1) is 0 Å². The van der Waals surface area contributed by atoms with Crippen LogP contribution in [0.3, 0.4) is 0 Å². The smallest absolute Gasteiger partial charge is 0.293 e. The van der Waals surface area contributed by atoms with Gasteiger partial charge in [0, 0.05) is 0 Å². The molecule has 3 nitrogen and oxygen atoms in total. The van der Waals surface area contributed by atoms with Crippen molar-refractivity contribution < 1.29 is 16.0 Å². The fraction of sp³-hybridized carbons (Fsp3) is 0.800. The normalized spacial score (nSPS) is 14.5. The van der Waals surface area contributed by atoms with E-state index in [4.69, 9.17) is 6.48 Å². The molecule has 1 N–H and O–H groups in total. The molecule has 3 heteroatoms. The van der Waals surface area contributed by atoms with E-state index >= 15 is 0 Å². The Morgan fingerprint density at radius 2 is 2.75 bits per heavy atom. The lowest BCUT2D eigenvalue weighted by molar-refractivity contribution is -0.131. The molecule has 0 aliphatic carbocycles. The minimum absolute atomic E-state index is 0.0706. The maximum Gasteiger partial charge on any atom is 0.293 e. The van der Waals surface area contributed by atoms with Crippen LogP contribution >= 0.6 is 0 Å². The molecule has 0 radical (unpaired) electrons. The SMILES string of the molecule is [3H]C(=O)OCC(O)CC. The highest BCUT2D eigenvalue weighted by Crippen LogP contribution is 1.87. The Kier molecular flexibility index (Phi) is 3.19. The first-order chi connectivity index (χ1) is 4.16. The standard InChI is InChI=1S/C5H10O3/c1-2-5(7)3-8-4-6/h4-5,7H,2-3H2,1H3/i4T. The van der Waals surface area contributed by atoms with Crippen LogP contribution in [0.1, 0.15) is 14.7 Å². The second-order valence-electron chi connectivity index (χ2n) is 1.46. The molecule has 0 aliphatic heterocycles. The van der Waals surface area contributed by atoms with E-state index < -0.39 is 12.6 Å². The highest BCUT2D eigenvalue weighted by atomic mass is 16.5. The molecule has 0 aliphatic rings. The lowest BCUT2D eigenvalue weighted by atomic mass is 10.3. The molecule has 1 unspecified atom stereocenters. The number of aliphatic hydroxyl groups excluding tert-OH is 1. The molecule has 0 heterocycles. The van der Waals surface area contributed by atoms with Crippen LogP contribution in [0.4, 0.5) is 0 Å². The van der Waals surface area contributed by atoms with Gasteiger partial charge < -0.3 is 9.84 Å². The van der Waals surface area contributed by atoms with Gasteiger partial charge in [0.1, 0.15) is 6.61 Å². The van der Waals surface area contributed by atoms with Crippen molar-refractivity contribution in [1.82, 2.24) is 0 Å². The summed E-state index contributed by atoms with van der Waals surface area (Å²) >= 11 is 0. The summed E-state index contributed by atoms with van der Waals surface area (Å²) in [6.07, 6.45) is -1.19. The molecule has 0 aromatic heterocycles. The van der Waals surface area contributed by atoms with Gasteiger partial charge in [-0.25, -0.2) is 0 Å². The molecule has 8 heavy (non-hydrogen) atoms. The average Bonchev–Trinajstić information content (AvgIpc) is 1.83. The van der Waals surface area contributed by atoms with Crippen LogP contribution in [0.25, 0.3) is 0 Å². The van der Waals surface area contributed by atoms with Crippen molar-refractivity contribution in [2.24, 2.45) is 0 Å². The van der Waals surface area contributed by atoms with Gasteiger partial charge in [0.25, 0.3) is 6.45 Å². The Bertz CT molecular complexity index is 94.2. The quantitative estimate of drug-likeness (QED) is 0.530. The minimum Gasteiger partial charge on any atom is -0.465 e. The zero-order valence-electron chi connectivity index (χ0n) is 5.76. The van der Waals surface area contributed by atoms with Crippen molar-refractivity contribution in [3.63, 3.8) is 0 Å². The van der Waals surface area contributed by atoms with E-state index in [1.807, 2.05) is 0 Å². The molecule has 0 saturated carbocycles. The number of hydrogen-bond donors (Lipinski definition) is 1. The maximum absolute atomic E-state index is 9.80. The molecular weight excluding hydrogens is 108 g/mol. The molecule has 0 amide bonds. The molecule has 0 fully saturated rings. The van der Waals surface area contributed by atoms with Crippen molar-refractivity contribution in [1.29, 1.82) is 0 Å². The summed E-state index contributed by atoms with van der Waals surface area (Å²) in [5, 5.41) is 8.75. The summed E-state index contributed by atoms with van der Waals surface area (Å²) in [7, 11) is 0. The second-order valence-corrected chi connectivity index (χ2v) is 1.46. The highest BCUT2D eigenvalue weighted by molar-refractivity contribution is 5.36. The third kappa shape index (κ3) is 3.61. The van der Waals surface area contributed by atoms with Gasteiger partial charge in [-0.3, -0.25) is 4.79 Å². The van der Waals surface area contributed by atoms with Crippen molar-refractivity contribution in [2.75, 3.05) is 6.61 Å². The monoisotopic (exact) mass is 120 g/mol. The predicted octanol–water partition coefficient (Wildman–Crippen LogP) is -0.0697. The molecule has 0 bridgehead atoms. The van der Waals surface area contributed by atoms with E-state index in [2.05, 4.69) is 4.74 Å². The summed E-state index contributed by atoms with van der Waals surface area (Å²) in [6, 6.07) is 0. The third-order valence-electron chi connectivity index (χ3n) is 0.806. The molecule has 0 spiro atoms. The van der Waals surface area contributed by atoms with Gasteiger partial charge in [-0.15, -0.1) is 0 Å². The summed E-state index contributed by atoms with van der Waals surface area (Å²) in [6.45, 7) is 1.70. The number of carbonyl (C=O) groups is 1. The number of ether oxygens (including phenoxy) is 1. The van der Waals surface area contributed by atoms with Gasteiger partial charge in [0.2, 0.25) is 0 Å². The summed E-state index contributed by atoms with van der Waals surface area (Å²) in [5.74, 6) is 0. The van der Waals surface area contributed by atoms with Crippen molar-refractivity contribution in [2.45, 2.75) is 19.4 Å². The fourth-order valence-electron chi connectivity index (χ4n) is 0.248. The molecule has 0 saturated heterocycles. The lowest BCUT2D eigenvalue weighted by Gasteiger charge is -2.02. The van der Waals surface area contributed by atoms with E-state index in [0.29, 0.717) is 6.42 Å². The third-order valence-corrected chi connectivity index (χ3v) is 0.806. The Morgan fingerprint density at radius 3 is 3.12 bits per heavy atom. The number of aliphatic hydroxyl groups is 1. The average molecular weight is 120 g/mol. The Hall–Kier alpha value is -0.570. The summed E-state index contributed by atoms with van der Waals surface area (Å²) in [5.41, 5.74) is 0. The van der Waals surface area contributed by atoms with E-state index in [1.165, 1.54) is 0 Å². The van der Waals surface area contributed by atoms with Crippen LogP contribution in [0.5, 0.6) is 0 Å². The molecule has 0 aromatic rings. The van der Waals surface area contributed by atoms with Crippen molar-refractivity contribution in [3.05, 3.63) is 0 Å². The van der Waals surface area contributed by atoms with Gasteiger partial charge >= 0.3 is 0 Å².